The summed E-state index contributed by atoms with van der Waals surface area (Å²) in [6.45, 7) is 0. The Morgan fingerprint density at radius 1 is 1.20 bits per heavy atom. The number of nitriles is 1. The molecule has 0 fully saturated rings. The maximum Gasteiger partial charge on any atom is 0.261 e. The summed E-state index contributed by atoms with van der Waals surface area (Å²) in [6.07, 6.45) is 1.45. The molecular formula is C15H9ClFN3O3S2. The number of rotatable bonds is 4. The van der Waals surface area contributed by atoms with Crippen LogP contribution in [0, 0.1) is 11.3 Å². The number of fused-ring (bicyclic) bond motifs is 1. The molecule has 128 valence electrons. The Labute approximate surface area is 150 Å². The van der Waals surface area contributed by atoms with Crippen LogP contribution in [0.2, 0.25) is 5.02 Å². The Morgan fingerprint density at radius 2 is 1.88 bits per heavy atom. The van der Waals surface area contributed by atoms with Crippen LogP contribution in [0.25, 0.3) is 10.9 Å². The number of nitrogens with zero attached hydrogens (tertiary/aromatic N) is 1. The molecule has 0 saturated carbocycles. The van der Waals surface area contributed by atoms with Crippen LogP contribution in [-0.2, 0) is 21.2 Å². The fourth-order valence-electron chi connectivity index (χ4n) is 2.32. The third-order valence-electron chi connectivity index (χ3n) is 3.47. The molecule has 2 aromatic carbocycles. The number of hydrogen-bond acceptors (Lipinski definition) is 4. The van der Waals surface area contributed by atoms with Gasteiger partial charge in [0.05, 0.1) is 37.7 Å². The fraction of sp³-hybridized carbons (Fsp3) is 0. The lowest BCUT2D eigenvalue weighted by Gasteiger charge is -2.10. The summed E-state index contributed by atoms with van der Waals surface area (Å²) in [6, 6.07) is 9.44. The molecule has 1 aromatic heterocycles. The molecular weight excluding hydrogens is 389 g/mol. The molecule has 3 aromatic rings. The van der Waals surface area contributed by atoms with Crippen LogP contribution in [0.5, 0.6) is 0 Å². The smallest absolute Gasteiger partial charge is 0.261 e. The van der Waals surface area contributed by atoms with Gasteiger partial charge in [0.2, 0.25) is 11.2 Å². The Bertz CT molecular complexity index is 1140. The van der Waals surface area contributed by atoms with Crippen LogP contribution in [0.4, 0.5) is 9.57 Å². The maximum absolute atomic E-state index is 12.7. The molecule has 1 unspecified atom stereocenters. The van der Waals surface area contributed by atoms with Gasteiger partial charge in [-0.3, -0.25) is 4.72 Å². The van der Waals surface area contributed by atoms with Crippen molar-refractivity contribution in [2.45, 2.75) is 9.79 Å². The lowest BCUT2D eigenvalue weighted by atomic mass is 10.1. The molecule has 0 spiro atoms. The van der Waals surface area contributed by atoms with Gasteiger partial charge >= 0.3 is 0 Å². The number of hydrogen-bond donors (Lipinski definition) is 2. The highest BCUT2D eigenvalue weighted by Gasteiger charge is 2.18. The zero-order valence-electron chi connectivity index (χ0n) is 12.3. The Balaban J connectivity index is 2.03. The molecule has 6 nitrogen and oxygen atoms in total. The molecule has 0 aliphatic rings. The SMILES string of the molecule is N#Cc1ccc(NS(=O)(=O)c2ccc(S(=O)F)cc2)c2[nH]cc(Cl)c12. The van der Waals surface area contributed by atoms with Crippen LogP contribution in [0.3, 0.4) is 0 Å². The van der Waals surface area contributed by atoms with Gasteiger partial charge in [-0.1, -0.05) is 11.6 Å². The van der Waals surface area contributed by atoms with Crippen LogP contribution in [0.1, 0.15) is 5.56 Å². The summed E-state index contributed by atoms with van der Waals surface area (Å²) >= 11 is 3.35. The van der Waals surface area contributed by atoms with Crippen molar-refractivity contribution in [2.24, 2.45) is 0 Å². The normalized spacial score (nSPS) is 12.7. The number of aromatic amines is 1. The fourth-order valence-corrected chi connectivity index (χ4v) is 3.99. The molecule has 3 rings (SSSR count). The lowest BCUT2D eigenvalue weighted by Crippen LogP contribution is -2.13. The van der Waals surface area contributed by atoms with E-state index in [0.717, 1.165) is 24.3 Å². The van der Waals surface area contributed by atoms with Gasteiger partial charge in [0.1, 0.15) is 0 Å². The molecule has 10 heteroatoms. The molecule has 25 heavy (non-hydrogen) atoms. The highest BCUT2D eigenvalue weighted by molar-refractivity contribution is 7.92. The standard InChI is InChI=1S/C15H9ClFN3O3S2/c16-12-8-19-15-13(6-1-9(7-18)14(12)15)20-25(22,23)11-4-2-10(3-5-11)24(17)21/h1-6,8,19-20H. The van der Waals surface area contributed by atoms with Gasteiger partial charge in [0.25, 0.3) is 10.0 Å². The first-order chi connectivity index (χ1) is 11.8. The summed E-state index contributed by atoms with van der Waals surface area (Å²) in [4.78, 5) is 2.57. The maximum atomic E-state index is 12.7. The number of sulfonamides is 1. The van der Waals surface area contributed by atoms with E-state index in [2.05, 4.69) is 9.71 Å². The zero-order chi connectivity index (χ0) is 18.2. The minimum atomic E-state index is -3.97. The summed E-state index contributed by atoms with van der Waals surface area (Å²) in [5.41, 5.74) is 0.882. The first-order valence-electron chi connectivity index (χ1n) is 6.74. The van der Waals surface area contributed by atoms with Crippen LogP contribution in [0.15, 0.2) is 52.4 Å². The first kappa shape index (κ1) is 17.4. The molecule has 0 saturated heterocycles. The monoisotopic (exact) mass is 397 g/mol. The molecule has 0 bridgehead atoms. The van der Waals surface area contributed by atoms with E-state index in [9.17, 15) is 16.5 Å². The van der Waals surface area contributed by atoms with Gasteiger partial charge in [-0.05, 0) is 36.4 Å². The van der Waals surface area contributed by atoms with Gasteiger partial charge in [-0.25, -0.2) is 12.6 Å². The van der Waals surface area contributed by atoms with Crippen LogP contribution < -0.4 is 4.72 Å². The Hall–Kier alpha value is -2.41. The Kier molecular flexibility index (Phi) is 4.51. The van der Waals surface area contributed by atoms with Gasteiger partial charge in [-0.15, -0.1) is 3.89 Å². The summed E-state index contributed by atoms with van der Waals surface area (Å²) in [5.74, 6) is 0. The average molecular weight is 398 g/mol. The van der Waals surface area contributed by atoms with E-state index < -0.39 is 21.2 Å². The number of nitrogens with one attached hydrogen (secondary N) is 2. The van der Waals surface area contributed by atoms with Crippen LogP contribution in [-0.4, -0.2) is 17.6 Å². The predicted molar refractivity (Wildman–Crippen MR) is 92.8 cm³/mol. The van der Waals surface area contributed by atoms with E-state index >= 15 is 0 Å². The summed E-state index contributed by atoms with van der Waals surface area (Å²) < 4.78 is 50.8. The van der Waals surface area contributed by atoms with E-state index in [1.54, 1.807) is 0 Å². The number of benzene rings is 2. The van der Waals surface area contributed by atoms with Gasteiger partial charge in [0, 0.05) is 11.6 Å². The quantitative estimate of drug-likeness (QED) is 0.657. The van der Waals surface area contributed by atoms with Crippen molar-refractivity contribution in [3.63, 3.8) is 0 Å². The van der Waals surface area contributed by atoms with Crippen molar-refractivity contribution >= 4 is 49.4 Å². The highest BCUT2D eigenvalue weighted by Crippen LogP contribution is 2.32. The second kappa shape index (κ2) is 6.48. The first-order valence-corrected chi connectivity index (χ1v) is 9.65. The van der Waals surface area contributed by atoms with Crippen molar-refractivity contribution in [3.8, 4) is 6.07 Å². The van der Waals surface area contributed by atoms with Crippen LogP contribution >= 0.6 is 11.6 Å². The molecule has 0 radical (unpaired) electrons. The second-order valence-corrected chi connectivity index (χ2v) is 7.97. The van der Waals surface area contributed by atoms with Crippen molar-refractivity contribution in [3.05, 3.63) is 53.2 Å². The van der Waals surface area contributed by atoms with Crippen molar-refractivity contribution in [1.29, 1.82) is 5.26 Å². The van der Waals surface area contributed by atoms with Gasteiger partial charge < -0.3 is 4.98 Å². The largest absolute Gasteiger partial charge is 0.358 e. The minimum absolute atomic E-state index is 0.128. The molecule has 0 aliphatic carbocycles. The average Bonchev–Trinajstić information content (AvgIpc) is 2.98. The van der Waals surface area contributed by atoms with Gasteiger partial charge in [-0.2, -0.15) is 5.26 Å². The minimum Gasteiger partial charge on any atom is -0.358 e. The molecule has 2 N–H and O–H groups in total. The van der Waals surface area contributed by atoms with Crippen molar-refractivity contribution in [1.82, 2.24) is 4.98 Å². The number of halogens is 2. The summed E-state index contributed by atoms with van der Waals surface area (Å²) in [5, 5.41) is 9.84. The predicted octanol–water partition coefficient (Wildman–Crippen LogP) is 3.49. The molecule has 1 heterocycles. The van der Waals surface area contributed by atoms with E-state index in [1.165, 1.54) is 18.3 Å². The number of aromatic nitrogens is 1. The lowest BCUT2D eigenvalue weighted by molar-refractivity contribution is 0.601. The van der Waals surface area contributed by atoms with Crippen molar-refractivity contribution < 1.29 is 16.5 Å². The van der Waals surface area contributed by atoms with E-state index in [-0.39, 0.29) is 15.5 Å². The van der Waals surface area contributed by atoms with E-state index in [0.29, 0.717) is 21.5 Å². The third-order valence-corrected chi connectivity index (χ3v) is 5.79. The summed E-state index contributed by atoms with van der Waals surface area (Å²) in [7, 11) is -3.97. The topological polar surface area (TPSA) is 103 Å². The Morgan fingerprint density at radius 3 is 2.48 bits per heavy atom. The second-order valence-electron chi connectivity index (χ2n) is 4.96. The van der Waals surface area contributed by atoms with Crippen molar-refractivity contribution in [2.75, 3.05) is 4.72 Å². The van der Waals surface area contributed by atoms with Gasteiger partial charge in [0.15, 0.2) is 0 Å². The molecule has 0 amide bonds. The molecule has 1 atom stereocenters. The third kappa shape index (κ3) is 3.24. The zero-order valence-corrected chi connectivity index (χ0v) is 14.7. The number of anilines is 1. The van der Waals surface area contributed by atoms with E-state index in [1.807, 2.05) is 6.07 Å². The van der Waals surface area contributed by atoms with E-state index in [4.69, 9.17) is 16.9 Å². The molecule has 0 aliphatic heterocycles. The number of H-pyrrole nitrogens is 1. The highest BCUT2D eigenvalue weighted by atomic mass is 35.5.